The third-order valence-corrected chi connectivity index (χ3v) is 0. The molecule has 0 aromatic carbocycles. The Bertz CT molecular complexity index is 11.0. The summed E-state index contributed by atoms with van der Waals surface area (Å²) in [6.45, 7) is 0. The zero-order chi connectivity index (χ0) is 0. The van der Waals surface area contributed by atoms with E-state index in [2.05, 4.69) is 0 Å². The predicted octanol–water partition coefficient (Wildman–Crippen LogP) is -1.69. The van der Waals surface area contributed by atoms with Crippen molar-refractivity contribution in [2.45, 2.75) is 0 Å². The minimum absolute atomic E-state index is 0. The maximum absolute atomic E-state index is 0. The molecule has 6 nitrogen and oxygen atoms in total. The molecule has 0 aliphatic heterocycles. The van der Waals surface area contributed by atoms with Gasteiger partial charge in [0, 0.05) is 0 Å². The van der Waals surface area contributed by atoms with Gasteiger partial charge in [-0.25, -0.2) is 0 Å². The number of rotatable bonds is 0. The van der Waals surface area contributed by atoms with Gasteiger partial charge >= 0.3 is 16.5 Å². The Kier molecular flexibility index (Phi) is 95800. The number of halogens is 2. The minimum Gasteiger partial charge on any atom is -1.00 e. The molecule has 0 amide bonds. The average Bonchev–Trinajstić information content (AvgIpc) is 0. The van der Waals surface area contributed by atoms with E-state index in [-0.39, 0.29) is 78.2 Å². The molecule has 0 fully saturated rings. The molecule has 0 heterocycles. The second-order valence-electron chi connectivity index (χ2n) is 0. The first-order valence-corrected chi connectivity index (χ1v) is 0. The second-order valence-corrected chi connectivity index (χ2v) is 0. The van der Waals surface area contributed by atoms with E-state index in [4.69, 9.17) is 0 Å². The smallest absolute Gasteiger partial charge is 1.00 e. The molecule has 9 heavy (non-hydrogen) atoms. The molecule has 0 saturated heterocycles. The monoisotopic (exact) mass is 224 g/mol. The van der Waals surface area contributed by atoms with Gasteiger partial charge in [0.15, 0.2) is 0 Å². The van der Waals surface area contributed by atoms with Gasteiger partial charge in [0.1, 0.15) is 0 Å². The van der Waals surface area contributed by atoms with Crippen molar-refractivity contribution < 1.29 is 41.3 Å². The van der Waals surface area contributed by atoms with Crippen molar-refractivity contribution in [3.63, 3.8) is 0 Å². The largest absolute Gasteiger partial charge is 2.00 e. The maximum atomic E-state index is 0. The van der Waals surface area contributed by atoms with Crippen molar-refractivity contribution in [1.29, 1.82) is 0 Å². The van der Waals surface area contributed by atoms with Crippen LogP contribution in [0.15, 0.2) is 0 Å². The number of hydrogen-bond acceptors (Lipinski definition) is 0. The Morgan fingerprint density at radius 2 is 0.333 bits per heavy atom. The third kappa shape index (κ3) is 594. The fraction of sp³-hybridized carbons (Fsp3) is 0. The van der Waals surface area contributed by atoms with E-state index in [1.165, 1.54) is 0 Å². The fourth-order valence-electron chi connectivity index (χ4n) is 0. The van der Waals surface area contributed by atoms with Gasteiger partial charge in [0.05, 0.1) is 0 Å². The molecule has 72 valence electrons. The molecule has 0 saturated carbocycles. The van der Waals surface area contributed by atoms with Crippen molar-refractivity contribution in [2.24, 2.45) is 0 Å². The molecule has 0 rings (SSSR count). The molecule has 0 aliphatic carbocycles. The van der Waals surface area contributed by atoms with Crippen LogP contribution in [0.3, 0.4) is 0 Å². The summed E-state index contributed by atoms with van der Waals surface area (Å²) >= 11 is 0. The van der Waals surface area contributed by atoms with E-state index in [9.17, 15) is 0 Å². The summed E-state index contributed by atoms with van der Waals surface area (Å²) in [4.78, 5) is 0. The molecule has 0 aliphatic rings. The number of hydrogen-bond donors (Lipinski definition) is 0. The summed E-state index contributed by atoms with van der Waals surface area (Å²) in [5.41, 5.74) is 0. The zero-order valence-electron chi connectivity index (χ0n) is 4.54. The molecular formula is H12Cl2N6Ni-6. The minimum atomic E-state index is 0. The van der Waals surface area contributed by atoms with Crippen molar-refractivity contribution in [2.75, 3.05) is 0 Å². The molecular weight excluding hydrogens is 214 g/mol. The first-order chi connectivity index (χ1) is 0. The van der Waals surface area contributed by atoms with Gasteiger partial charge in [-0.05, 0) is 0 Å². The van der Waals surface area contributed by atoms with Crippen LogP contribution in [0.1, 0.15) is 0 Å². The van der Waals surface area contributed by atoms with Crippen LogP contribution in [0.5, 0.6) is 0 Å². The van der Waals surface area contributed by atoms with Crippen LogP contribution in [0.2, 0.25) is 0 Å². The SMILES string of the molecule is [Cl-].[Cl-].[NH2-].[NH2-].[NH2-].[NH2-].[NH2-].[NH2-].[Ni+2]. The van der Waals surface area contributed by atoms with Crippen molar-refractivity contribution >= 4 is 0 Å². The van der Waals surface area contributed by atoms with Crippen molar-refractivity contribution in [1.82, 2.24) is 0 Å². The Labute approximate surface area is 78.5 Å². The van der Waals surface area contributed by atoms with E-state index in [0.717, 1.165) is 0 Å². The average molecular weight is 226 g/mol. The van der Waals surface area contributed by atoms with Gasteiger partial charge in [0.25, 0.3) is 0 Å². The van der Waals surface area contributed by atoms with Gasteiger partial charge in [-0.2, -0.15) is 0 Å². The van der Waals surface area contributed by atoms with Crippen molar-refractivity contribution in [3.05, 3.63) is 36.9 Å². The second kappa shape index (κ2) is 780. The molecule has 0 aromatic heterocycles. The molecule has 12 N–H and O–H groups in total. The van der Waals surface area contributed by atoms with Crippen LogP contribution >= 0.6 is 0 Å². The molecule has 0 bridgehead atoms. The maximum Gasteiger partial charge on any atom is 2.00 e. The first-order valence-electron chi connectivity index (χ1n) is 0. The normalized spacial score (nSPS) is 0. The molecule has 0 unspecified atom stereocenters. The summed E-state index contributed by atoms with van der Waals surface area (Å²) in [5.74, 6) is 0. The number of nitrogens with two attached hydrogens (primary N) is 6. The Balaban J connectivity index is 0. The molecule has 0 aromatic rings. The Hall–Kier alpha value is 0.834. The summed E-state index contributed by atoms with van der Waals surface area (Å²) in [7, 11) is 0. The summed E-state index contributed by atoms with van der Waals surface area (Å²) < 4.78 is 0. The van der Waals surface area contributed by atoms with Crippen LogP contribution in [0.25, 0.3) is 36.9 Å². The van der Waals surface area contributed by atoms with E-state index < -0.39 is 0 Å². The first kappa shape index (κ1) is 1100. The summed E-state index contributed by atoms with van der Waals surface area (Å²) in [6.07, 6.45) is 0. The van der Waals surface area contributed by atoms with Gasteiger partial charge in [0.2, 0.25) is 0 Å². The van der Waals surface area contributed by atoms with Crippen molar-refractivity contribution in [3.8, 4) is 0 Å². The predicted molar refractivity (Wildman–Crippen MR) is 31.7 cm³/mol. The van der Waals surface area contributed by atoms with Gasteiger partial charge in [-0.1, -0.05) is 0 Å². The fourth-order valence-corrected chi connectivity index (χ4v) is 0. The van der Waals surface area contributed by atoms with E-state index in [1.807, 2.05) is 0 Å². The van der Waals surface area contributed by atoms with Crippen LogP contribution in [-0.2, 0) is 16.5 Å². The van der Waals surface area contributed by atoms with E-state index >= 15 is 0 Å². The summed E-state index contributed by atoms with van der Waals surface area (Å²) in [5, 5.41) is 0. The summed E-state index contributed by atoms with van der Waals surface area (Å²) in [6, 6.07) is 0. The third-order valence-electron chi connectivity index (χ3n) is 0. The van der Waals surface area contributed by atoms with E-state index in [1.54, 1.807) is 0 Å². The quantitative estimate of drug-likeness (QED) is 0.424. The van der Waals surface area contributed by atoms with Crippen LogP contribution in [0, 0.1) is 0 Å². The van der Waals surface area contributed by atoms with Gasteiger partial charge < -0.3 is 61.7 Å². The molecule has 0 spiro atoms. The standard InChI is InChI=1S/2ClH.6H2N.Ni/h2*1H;6*1H2;/q;;6*-1;+2/p-2. The molecule has 0 radical (unpaired) electrons. The van der Waals surface area contributed by atoms with Crippen LogP contribution < -0.4 is 24.8 Å². The topological polar surface area (TPSA) is 201 Å². The van der Waals surface area contributed by atoms with Gasteiger partial charge in [-0.3, -0.25) is 0 Å². The van der Waals surface area contributed by atoms with E-state index in [0.29, 0.717) is 0 Å². The van der Waals surface area contributed by atoms with Gasteiger partial charge in [-0.15, -0.1) is 0 Å². The Morgan fingerprint density at radius 1 is 0.333 bits per heavy atom. The Morgan fingerprint density at radius 3 is 0.333 bits per heavy atom. The van der Waals surface area contributed by atoms with Crippen LogP contribution in [0.4, 0.5) is 0 Å². The molecule has 0 atom stereocenters. The molecule has 9 heteroatoms. The zero-order valence-corrected chi connectivity index (χ0v) is 7.04. The van der Waals surface area contributed by atoms with Crippen LogP contribution in [-0.4, -0.2) is 0 Å².